The van der Waals surface area contributed by atoms with Crippen molar-refractivity contribution < 1.29 is 23.8 Å². The molecule has 0 saturated heterocycles. The summed E-state index contributed by atoms with van der Waals surface area (Å²) >= 11 is 0. The van der Waals surface area contributed by atoms with Crippen LogP contribution in [0.5, 0.6) is 11.5 Å². The third kappa shape index (κ3) is 2.85. The van der Waals surface area contributed by atoms with E-state index in [2.05, 4.69) is 0 Å². The summed E-state index contributed by atoms with van der Waals surface area (Å²) in [4.78, 5) is 24.9. The van der Waals surface area contributed by atoms with Crippen molar-refractivity contribution in [3.63, 3.8) is 0 Å². The van der Waals surface area contributed by atoms with Gasteiger partial charge in [0, 0.05) is 11.5 Å². The van der Waals surface area contributed by atoms with Gasteiger partial charge in [-0.3, -0.25) is 9.59 Å². The van der Waals surface area contributed by atoms with Crippen LogP contribution < -0.4 is 9.47 Å². The number of rotatable bonds is 4. The molecule has 0 fully saturated rings. The molecule has 3 rings (SSSR count). The molecule has 0 radical (unpaired) electrons. The maximum atomic E-state index is 12.5. The van der Waals surface area contributed by atoms with E-state index in [1.54, 1.807) is 32.2 Å². The summed E-state index contributed by atoms with van der Waals surface area (Å²) in [6.07, 6.45) is 0. The van der Waals surface area contributed by atoms with Crippen molar-refractivity contribution in [2.75, 3.05) is 13.7 Å². The molecule has 124 valence electrons. The fourth-order valence-corrected chi connectivity index (χ4v) is 2.97. The number of carbonyl (C=O) groups is 2. The second-order valence-corrected chi connectivity index (χ2v) is 5.44. The Hall–Kier alpha value is -2.82. The van der Waals surface area contributed by atoms with E-state index in [-0.39, 0.29) is 6.61 Å². The standard InChI is InChI=1S/C19H18O5/c1-3-23-18(20)17-16(12-7-5-4-6-8-12)14-11-13(22-2)9-10-15(14)24-19(17)21/h4-11,16-17H,3H2,1-2H3/t16-,17-/m1/s1. The number of hydrogen-bond donors (Lipinski definition) is 0. The van der Waals surface area contributed by atoms with Crippen LogP contribution in [0.25, 0.3) is 0 Å². The normalized spacial score (nSPS) is 19.2. The largest absolute Gasteiger partial charge is 0.497 e. The topological polar surface area (TPSA) is 61.8 Å². The Morgan fingerprint density at radius 3 is 2.58 bits per heavy atom. The Morgan fingerprint density at radius 1 is 1.17 bits per heavy atom. The van der Waals surface area contributed by atoms with E-state index >= 15 is 0 Å². The van der Waals surface area contributed by atoms with Gasteiger partial charge in [-0.05, 0) is 30.7 Å². The number of benzene rings is 2. The molecule has 0 unspecified atom stereocenters. The first-order chi connectivity index (χ1) is 11.7. The molecule has 0 bridgehead atoms. The predicted molar refractivity (Wildman–Crippen MR) is 87.0 cm³/mol. The van der Waals surface area contributed by atoms with Crippen LogP contribution in [0.15, 0.2) is 48.5 Å². The lowest BCUT2D eigenvalue weighted by molar-refractivity contribution is -0.158. The maximum Gasteiger partial charge on any atom is 0.326 e. The van der Waals surface area contributed by atoms with Crippen molar-refractivity contribution in [3.8, 4) is 11.5 Å². The average Bonchev–Trinajstić information content (AvgIpc) is 2.61. The Balaban J connectivity index is 2.16. The summed E-state index contributed by atoms with van der Waals surface area (Å²) in [7, 11) is 1.57. The molecule has 24 heavy (non-hydrogen) atoms. The van der Waals surface area contributed by atoms with Crippen molar-refractivity contribution in [1.82, 2.24) is 0 Å². The Morgan fingerprint density at radius 2 is 1.92 bits per heavy atom. The van der Waals surface area contributed by atoms with Gasteiger partial charge < -0.3 is 14.2 Å². The molecule has 0 aromatic heterocycles. The highest BCUT2D eigenvalue weighted by atomic mass is 16.6. The molecule has 2 atom stereocenters. The van der Waals surface area contributed by atoms with E-state index in [0.717, 1.165) is 11.1 Å². The van der Waals surface area contributed by atoms with Crippen LogP contribution in [0.2, 0.25) is 0 Å². The minimum atomic E-state index is -1.04. The lowest BCUT2D eigenvalue weighted by atomic mass is 9.78. The van der Waals surface area contributed by atoms with Gasteiger partial charge in [-0.25, -0.2) is 0 Å². The van der Waals surface area contributed by atoms with Gasteiger partial charge in [0.15, 0.2) is 5.92 Å². The van der Waals surface area contributed by atoms with E-state index in [9.17, 15) is 9.59 Å². The summed E-state index contributed by atoms with van der Waals surface area (Å²) in [6.45, 7) is 1.91. The first kappa shape index (κ1) is 16.1. The average molecular weight is 326 g/mol. The van der Waals surface area contributed by atoms with Gasteiger partial charge in [0.25, 0.3) is 0 Å². The zero-order valence-corrected chi connectivity index (χ0v) is 13.5. The number of esters is 2. The number of hydrogen-bond acceptors (Lipinski definition) is 5. The molecule has 1 heterocycles. The van der Waals surface area contributed by atoms with E-state index in [4.69, 9.17) is 14.2 Å². The minimum Gasteiger partial charge on any atom is -0.497 e. The van der Waals surface area contributed by atoms with Crippen LogP contribution in [-0.2, 0) is 14.3 Å². The zero-order valence-electron chi connectivity index (χ0n) is 13.5. The summed E-state index contributed by atoms with van der Waals surface area (Å²) in [5.41, 5.74) is 1.58. The van der Waals surface area contributed by atoms with Crippen LogP contribution in [0, 0.1) is 5.92 Å². The Labute approximate surface area is 140 Å². The van der Waals surface area contributed by atoms with Gasteiger partial charge in [-0.1, -0.05) is 30.3 Å². The summed E-state index contributed by atoms with van der Waals surface area (Å²) < 4.78 is 15.7. The van der Waals surface area contributed by atoms with Gasteiger partial charge in [0.2, 0.25) is 0 Å². The van der Waals surface area contributed by atoms with E-state index < -0.39 is 23.8 Å². The lowest BCUT2D eigenvalue weighted by Crippen LogP contribution is -2.38. The van der Waals surface area contributed by atoms with E-state index in [1.165, 1.54) is 0 Å². The maximum absolute atomic E-state index is 12.5. The monoisotopic (exact) mass is 326 g/mol. The van der Waals surface area contributed by atoms with Crippen molar-refractivity contribution in [2.24, 2.45) is 5.92 Å². The van der Waals surface area contributed by atoms with Crippen molar-refractivity contribution in [3.05, 3.63) is 59.7 Å². The predicted octanol–water partition coefficient (Wildman–Crippen LogP) is 2.93. The van der Waals surface area contributed by atoms with Crippen molar-refractivity contribution in [1.29, 1.82) is 0 Å². The number of carbonyl (C=O) groups excluding carboxylic acids is 2. The van der Waals surface area contributed by atoms with Crippen LogP contribution in [-0.4, -0.2) is 25.7 Å². The number of ether oxygens (including phenoxy) is 3. The Kier molecular flexibility index (Phi) is 4.51. The smallest absolute Gasteiger partial charge is 0.326 e. The summed E-state index contributed by atoms with van der Waals surface area (Å²) in [5.74, 6) is -1.61. The van der Waals surface area contributed by atoms with Gasteiger partial charge in [0.1, 0.15) is 11.5 Å². The van der Waals surface area contributed by atoms with E-state index in [1.807, 2.05) is 30.3 Å². The van der Waals surface area contributed by atoms with Gasteiger partial charge in [-0.2, -0.15) is 0 Å². The molecule has 0 saturated carbocycles. The van der Waals surface area contributed by atoms with Gasteiger partial charge >= 0.3 is 11.9 Å². The van der Waals surface area contributed by atoms with Crippen molar-refractivity contribution >= 4 is 11.9 Å². The molecule has 0 amide bonds. The molecular weight excluding hydrogens is 308 g/mol. The van der Waals surface area contributed by atoms with E-state index in [0.29, 0.717) is 11.5 Å². The molecule has 1 aliphatic rings. The molecule has 5 nitrogen and oxygen atoms in total. The number of fused-ring (bicyclic) bond motifs is 1. The molecule has 2 aromatic carbocycles. The quantitative estimate of drug-likeness (QED) is 0.491. The second-order valence-electron chi connectivity index (χ2n) is 5.44. The molecule has 0 aliphatic carbocycles. The zero-order chi connectivity index (χ0) is 17.1. The van der Waals surface area contributed by atoms with Crippen molar-refractivity contribution in [2.45, 2.75) is 12.8 Å². The number of methoxy groups -OCH3 is 1. The van der Waals surface area contributed by atoms with Crippen LogP contribution in [0.3, 0.4) is 0 Å². The highest BCUT2D eigenvalue weighted by Gasteiger charge is 2.44. The molecule has 2 aromatic rings. The van der Waals surface area contributed by atoms with Gasteiger partial charge in [0.05, 0.1) is 13.7 Å². The lowest BCUT2D eigenvalue weighted by Gasteiger charge is -2.31. The van der Waals surface area contributed by atoms with Crippen LogP contribution in [0.4, 0.5) is 0 Å². The third-order valence-electron chi connectivity index (χ3n) is 4.05. The second kappa shape index (κ2) is 6.74. The first-order valence-electron chi connectivity index (χ1n) is 7.77. The van der Waals surface area contributed by atoms with Crippen LogP contribution in [0.1, 0.15) is 24.0 Å². The highest BCUT2D eigenvalue weighted by Crippen LogP contribution is 2.43. The molecule has 0 spiro atoms. The van der Waals surface area contributed by atoms with Gasteiger partial charge in [-0.15, -0.1) is 0 Å². The molecule has 5 heteroatoms. The fourth-order valence-electron chi connectivity index (χ4n) is 2.97. The highest BCUT2D eigenvalue weighted by molar-refractivity contribution is 5.99. The first-order valence-corrected chi connectivity index (χ1v) is 7.77. The summed E-state index contributed by atoms with van der Waals surface area (Å²) in [5, 5.41) is 0. The summed E-state index contributed by atoms with van der Waals surface area (Å²) in [6, 6.07) is 14.6. The Bertz CT molecular complexity index is 754. The third-order valence-corrected chi connectivity index (χ3v) is 4.05. The fraction of sp³-hybridized carbons (Fsp3) is 0.263. The molecule has 1 aliphatic heterocycles. The SMILES string of the molecule is CCOC(=O)[C@@H]1C(=O)Oc2ccc(OC)cc2[C@H]1c1ccccc1. The molecular formula is C19H18O5. The van der Waals surface area contributed by atoms with Crippen LogP contribution >= 0.6 is 0 Å². The minimum absolute atomic E-state index is 0.203. The molecule has 0 N–H and O–H groups in total.